The number of hydrogen-bond donors (Lipinski definition) is 0. The van der Waals surface area contributed by atoms with E-state index in [4.69, 9.17) is 0 Å². The van der Waals surface area contributed by atoms with Gasteiger partial charge in [-0.2, -0.15) is 4.68 Å². The summed E-state index contributed by atoms with van der Waals surface area (Å²) in [5.74, 6) is -0.115. The second-order valence-corrected chi connectivity index (χ2v) is 3.12. The average Bonchev–Trinajstić information content (AvgIpc) is 2.34. The van der Waals surface area contributed by atoms with Crippen molar-refractivity contribution in [3.05, 3.63) is 20.8 Å². The zero-order valence-electron chi connectivity index (χ0n) is 6.53. The quantitative estimate of drug-likeness (QED) is 0.593. The van der Waals surface area contributed by atoms with Gasteiger partial charge < -0.3 is 10.1 Å². The van der Waals surface area contributed by atoms with E-state index in [-0.39, 0.29) is 5.82 Å². The van der Waals surface area contributed by atoms with E-state index < -0.39 is 4.92 Å². The number of halogens is 1. The summed E-state index contributed by atoms with van der Waals surface area (Å²) >= 11 is 3.18. The molecule has 0 radical (unpaired) electrons. The van der Waals surface area contributed by atoms with Crippen molar-refractivity contribution in [2.24, 2.45) is 0 Å². The molecule has 12 heavy (non-hydrogen) atoms. The fourth-order valence-corrected chi connectivity index (χ4v) is 1.30. The van der Waals surface area contributed by atoms with E-state index in [1.54, 1.807) is 4.68 Å². The van der Waals surface area contributed by atoms with Crippen molar-refractivity contribution in [3.63, 3.8) is 0 Å². The van der Waals surface area contributed by atoms with Gasteiger partial charge in [-0.3, -0.25) is 0 Å². The van der Waals surface area contributed by atoms with Crippen LogP contribution in [0.4, 0.5) is 5.82 Å². The summed E-state index contributed by atoms with van der Waals surface area (Å²) in [5.41, 5.74) is 0. The first-order chi connectivity index (χ1) is 5.65. The Morgan fingerprint density at radius 2 is 2.50 bits per heavy atom. The lowest BCUT2D eigenvalue weighted by molar-refractivity contribution is -0.389. The van der Waals surface area contributed by atoms with Gasteiger partial charge in [-0.05, 0) is 27.3 Å². The van der Waals surface area contributed by atoms with Crippen LogP contribution in [0.5, 0.6) is 0 Å². The third-order valence-corrected chi connectivity index (χ3v) is 1.98. The van der Waals surface area contributed by atoms with E-state index in [2.05, 4.69) is 21.0 Å². The van der Waals surface area contributed by atoms with Crippen molar-refractivity contribution in [2.75, 3.05) is 0 Å². The first-order valence-electron chi connectivity index (χ1n) is 3.53. The Labute approximate surface area is 77.7 Å². The highest BCUT2D eigenvalue weighted by Gasteiger charge is 2.14. The Bertz CT molecular complexity index is 297. The van der Waals surface area contributed by atoms with Gasteiger partial charge in [0.2, 0.25) is 0 Å². The van der Waals surface area contributed by atoms with Crippen LogP contribution in [0.1, 0.15) is 13.3 Å². The fourth-order valence-electron chi connectivity index (χ4n) is 0.839. The van der Waals surface area contributed by atoms with E-state index in [1.165, 1.54) is 6.07 Å². The monoisotopic (exact) mass is 233 g/mol. The minimum atomic E-state index is -0.503. The average molecular weight is 234 g/mol. The molecule has 0 saturated heterocycles. The maximum atomic E-state index is 10.3. The number of nitrogens with zero attached hydrogens (tertiary/aromatic N) is 3. The van der Waals surface area contributed by atoms with Crippen molar-refractivity contribution >= 4 is 21.7 Å². The molecule has 0 N–H and O–H groups in total. The largest absolute Gasteiger partial charge is 0.391 e. The van der Waals surface area contributed by atoms with E-state index in [0.717, 1.165) is 6.42 Å². The molecule has 1 aromatic rings. The zero-order chi connectivity index (χ0) is 9.14. The molecule has 0 unspecified atom stereocenters. The molecule has 0 aromatic carbocycles. The zero-order valence-corrected chi connectivity index (χ0v) is 8.11. The van der Waals surface area contributed by atoms with Gasteiger partial charge in [-0.25, -0.2) is 0 Å². The van der Waals surface area contributed by atoms with Crippen LogP contribution in [0, 0.1) is 10.1 Å². The summed E-state index contributed by atoms with van der Waals surface area (Å²) in [6.07, 6.45) is 0.900. The van der Waals surface area contributed by atoms with Gasteiger partial charge in [-0.15, -0.1) is 0 Å². The second-order valence-electron chi connectivity index (χ2n) is 2.31. The van der Waals surface area contributed by atoms with Crippen molar-refractivity contribution in [3.8, 4) is 0 Å². The lowest BCUT2D eigenvalue weighted by Gasteiger charge is -1.91. The topological polar surface area (TPSA) is 61.0 Å². The molecule has 0 aliphatic carbocycles. The molecule has 1 rings (SSSR count). The maximum absolute atomic E-state index is 10.3. The van der Waals surface area contributed by atoms with Gasteiger partial charge in [0, 0.05) is 0 Å². The summed E-state index contributed by atoms with van der Waals surface area (Å²) in [6.45, 7) is 2.67. The SMILES string of the molecule is CCCn1nc([N+](=O)[O-])cc1Br. The number of aromatic nitrogens is 2. The van der Waals surface area contributed by atoms with Crippen molar-refractivity contribution in [1.29, 1.82) is 0 Å². The molecule has 0 atom stereocenters. The Balaban J connectivity index is 2.92. The Kier molecular flexibility index (Phi) is 2.80. The predicted octanol–water partition coefficient (Wildman–Crippen LogP) is 1.96. The minimum Gasteiger partial charge on any atom is -0.358 e. The Morgan fingerprint density at radius 3 is 2.92 bits per heavy atom. The number of aryl methyl sites for hydroxylation is 1. The standard InChI is InChI=1S/C6H8BrN3O2/c1-2-3-9-5(7)4-6(8-9)10(11)12/h4H,2-3H2,1H3. The van der Waals surface area contributed by atoms with Gasteiger partial charge in [0.05, 0.1) is 17.7 Å². The summed E-state index contributed by atoms with van der Waals surface area (Å²) in [4.78, 5) is 9.78. The Morgan fingerprint density at radius 1 is 1.83 bits per heavy atom. The molecule has 0 aliphatic rings. The smallest absolute Gasteiger partial charge is 0.358 e. The first-order valence-corrected chi connectivity index (χ1v) is 4.32. The van der Waals surface area contributed by atoms with Crippen molar-refractivity contribution in [2.45, 2.75) is 19.9 Å². The summed E-state index contributed by atoms with van der Waals surface area (Å²) in [6, 6.07) is 1.40. The van der Waals surface area contributed by atoms with Crippen LogP contribution in [0.3, 0.4) is 0 Å². The van der Waals surface area contributed by atoms with Crippen molar-refractivity contribution < 1.29 is 4.92 Å². The van der Waals surface area contributed by atoms with Crippen LogP contribution in [-0.2, 0) is 6.54 Å². The summed E-state index contributed by atoms with van der Waals surface area (Å²) < 4.78 is 2.22. The molecule has 0 bridgehead atoms. The van der Waals surface area contributed by atoms with E-state index >= 15 is 0 Å². The van der Waals surface area contributed by atoms with Crippen molar-refractivity contribution in [1.82, 2.24) is 9.78 Å². The van der Waals surface area contributed by atoms with Crippen LogP contribution in [0.25, 0.3) is 0 Å². The molecule has 66 valence electrons. The maximum Gasteiger partial charge on any atom is 0.391 e. The first kappa shape index (κ1) is 9.18. The highest BCUT2D eigenvalue weighted by molar-refractivity contribution is 9.10. The van der Waals surface area contributed by atoms with Crippen LogP contribution in [-0.4, -0.2) is 14.7 Å². The molecule has 0 fully saturated rings. The van der Waals surface area contributed by atoms with E-state index in [0.29, 0.717) is 11.1 Å². The predicted molar refractivity (Wildman–Crippen MR) is 46.9 cm³/mol. The van der Waals surface area contributed by atoms with Gasteiger partial charge in [0.25, 0.3) is 0 Å². The van der Waals surface area contributed by atoms with Gasteiger partial charge in [0.1, 0.15) is 4.60 Å². The molecule has 0 saturated carbocycles. The van der Waals surface area contributed by atoms with Gasteiger partial charge in [0.15, 0.2) is 0 Å². The molecule has 0 spiro atoms. The third-order valence-electron chi connectivity index (χ3n) is 1.34. The normalized spacial score (nSPS) is 10.2. The van der Waals surface area contributed by atoms with Crippen LogP contribution in [0.2, 0.25) is 0 Å². The third kappa shape index (κ3) is 1.82. The number of rotatable bonds is 3. The highest BCUT2D eigenvalue weighted by Crippen LogP contribution is 2.17. The molecular weight excluding hydrogens is 226 g/mol. The molecule has 0 amide bonds. The van der Waals surface area contributed by atoms with E-state index in [9.17, 15) is 10.1 Å². The van der Waals surface area contributed by atoms with Gasteiger partial charge >= 0.3 is 5.82 Å². The molecule has 0 aliphatic heterocycles. The highest BCUT2D eigenvalue weighted by atomic mass is 79.9. The molecule has 6 heteroatoms. The van der Waals surface area contributed by atoms with Crippen LogP contribution >= 0.6 is 15.9 Å². The molecular formula is C6H8BrN3O2. The molecule has 1 aromatic heterocycles. The lowest BCUT2D eigenvalue weighted by atomic mass is 10.5. The molecule has 5 nitrogen and oxygen atoms in total. The van der Waals surface area contributed by atoms with E-state index in [1.807, 2.05) is 6.92 Å². The Hall–Kier alpha value is -0.910. The molecule has 1 heterocycles. The number of hydrogen-bond acceptors (Lipinski definition) is 3. The lowest BCUT2D eigenvalue weighted by Crippen LogP contribution is -1.99. The van der Waals surface area contributed by atoms with Gasteiger partial charge in [-0.1, -0.05) is 6.92 Å². The fraction of sp³-hybridized carbons (Fsp3) is 0.500. The minimum absolute atomic E-state index is 0.115. The second kappa shape index (κ2) is 3.66. The number of nitro groups is 1. The summed E-state index contributed by atoms with van der Waals surface area (Å²) in [7, 11) is 0. The summed E-state index contributed by atoms with van der Waals surface area (Å²) in [5, 5.41) is 14.0. The van der Waals surface area contributed by atoms with Crippen LogP contribution < -0.4 is 0 Å². The van der Waals surface area contributed by atoms with Crippen LogP contribution in [0.15, 0.2) is 10.7 Å².